The van der Waals surface area contributed by atoms with Gasteiger partial charge in [-0.2, -0.15) is 0 Å². The molecule has 0 aliphatic heterocycles. The quantitative estimate of drug-likeness (QED) is 0.705. The number of nitrogens with zero attached hydrogens (tertiary/aromatic N) is 3. The van der Waals surface area contributed by atoms with E-state index >= 15 is 0 Å². The van der Waals surface area contributed by atoms with E-state index < -0.39 is 9.84 Å². The molecule has 8 heteroatoms. The minimum Gasteiger partial charge on any atom is -0.486 e. The van der Waals surface area contributed by atoms with E-state index in [1.807, 2.05) is 12.1 Å². The topological polar surface area (TPSA) is 82.0 Å². The fourth-order valence-corrected chi connectivity index (χ4v) is 3.28. The number of sulfone groups is 1. The van der Waals surface area contributed by atoms with Crippen LogP contribution in [0.15, 0.2) is 53.7 Å². The van der Waals surface area contributed by atoms with E-state index in [4.69, 9.17) is 4.74 Å². The van der Waals surface area contributed by atoms with Crippen molar-refractivity contribution in [1.29, 1.82) is 0 Å². The van der Waals surface area contributed by atoms with Crippen molar-refractivity contribution in [2.45, 2.75) is 11.5 Å². The zero-order valence-corrected chi connectivity index (χ0v) is 13.8. The molecule has 118 valence electrons. The normalized spacial score (nSPS) is 11.3. The van der Waals surface area contributed by atoms with Gasteiger partial charge in [0.2, 0.25) is 0 Å². The summed E-state index contributed by atoms with van der Waals surface area (Å²) in [5, 5.41) is 9.70. The molecule has 0 aliphatic rings. The van der Waals surface area contributed by atoms with Crippen LogP contribution in [0.3, 0.4) is 0 Å². The lowest BCUT2D eigenvalue weighted by Gasteiger charge is -2.05. The van der Waals surface area contributed by atoms with Crippen LogP contribution in [-0.2, 0) is 16.4 Å². The monoisotopic (exact) mass is 347 g/mol. The lowest BCUT2D eigenvalue weighted by molar-refractivity contribution is 0.303. The van der Waals surface area contributed by atoms with Crippen molar-refractivity contribution in [3.05, 3.63) is 53.8 Å². The molecule has 1 aromatic carbocycles. The minimum absolute atomic E-state index is 0.227. The highest BCUT2D eigenvalue weighted by Crippen LogP contribution is 2.24. The molecule has 3 aromatic rings. The van der Waals surface area contributed by atoms with Gasteiger partial charge in [0.1, 0.15) is 17.4 Å². The third-order valence-corrected chi connectivity index (χ3v) is 5.05. The first-order valence-corrected chi connectivity index (χ1v) is 9.39. The van der Waals surface area contributed by atoms with Gasteiger partial charge in [-0.3, -0.25) is 4.98 Å². The van der Waals surface area contributed by atoms with Gasteiger partial charge in [-0.05, 0) is 30.3 Å². The van der Waals surface area contributed by atoms with E-state index in [0.29, 0.717) is 10.8 Å². The predicted molar refractivity (Wildman–Crippen MR) is 87.0 cm³/mol. The van der Waals surface area contributed by atoms with Crippen molar-refractivity contribution in [3.63, 3.8) is 0 Å². The molecular weight excluding hydrogens is 334 g/mol. The summed E-state index contributed by atoms with van der Waals surface area (Å²) in [6.07, 6.45) is 4.56. The second kappa shape index (κ2) is 6.43. The molecule has 23 heavy (non-hydrogen) atoms. The average Bonchev–Trinajstić information content (AvgIpc) is 3.02. The lowest BCUT2D eigenvalue weighted by atomic mass is 10.3. The standard InChI is InChI=1S/C15H13N3O3S2/c1-23(19,20)13-4-2-3-12(9-13)21-10-14-17-18-15(22-14)11-5-7-16-8-6-11/h2-9H,10H2,1H3. The van der Waals surface area contributed by atoms with Gasteiger partial charge in [-0.25, -0.2) is 8.42 Å². The molecular formula is C15H13N3O3S2. The number of ether oxygens (including phenoxy) is 1. The molecule has 6 nitrogen and oxygen atoms in total. The fourth-order valence-electron chi connectivity index (χ4n) is 1.86. The molecule has 0 radical (unpaired) electrons. The van der Waals surface area contributed by atoms with Crippen LogP contribution in [-0.4, -0.2) is 29.9 Å². The van der Waals surface area contributed by atoms with Gasteiger partial charge in [0.15, 0.2) is 14.8 Å². The van der Waals surface area contributed by atoms with Crippen LogP contribution < -0.4 is 4.74 Å². The maximum atomic E-state index is 11.5. The Hall–Kier alpha value is -2.32. The lowest BCUT2D eigenvalue weighted by Crippen LogP contribution is -1.99. The van der Waals surface area contributed by atoms with Crippen molar-refractivity contribution >= 4 is 21.2 Å². The Morgan fingerprint density at radius 2 is 1.91 bits per heavy atom. The number of hydrogen-bond acceptors (Lipinski definition) is 7. The molecule has 0 spiro atoms. The third-order valence-electron chi connectivity index (χ3n) is 2.99. The fraction of sp³-hybridized carbons (Fsp3) is 0.133. The first-order chi connectivity index (χ1) is 11.0. The van der Waals surface area contributed by atoms with Crippen LogP contribution in [0, 0.1) is 0 Å². The van der Waals surface area contributed by atoms with Crippen LogP contribution >= 0.6 is 11.3 Å². The predicted octanol–water partition coefficient (Wildman–Crippen LogP) is 2.58. The molecule has 0 unspecified atom stereocenters. The van der Waals surface area contributed by atoms with Crippen molar-refractivity contribution in [2.24, 2.45) is 0 Å². The molecule has 0 aliphatic carbocycles. The largest absolute Gasteiger partial charge is 0.486 e. The van der Waals surface area contributed by atoms with E-state index in [9.17, 15) is 8.42 Å². The first kappa shape index (κ1) is 15.6. The molecule has 0 N–H and O–H groups in total. The Labute approximate surface area is 137 Å². The summed E-state index contributed by atoms with van der Waals surface area (Å²) in [6.45, 7) is 0.232. The Balaban J connectivity index is 1.71. The molecule has 3 rings (SSSR count). The molecule has 0 amide bonds. The van der Waals surface area contributed by atoms with Gasteiger partial charge in [0.05, 0.1) is 4.90 Å². The Bertz CT molecular complexity index is 908. The molecule has 2 aromatic heterocycles. The highest BCUT2D eigenvalue weighted by molar-refractivity contribution is 7.90. The maximum absolute atomic E-state index is 11.5. The highest BCUT2D eigenvalue weighted by atomic mass is 32.2. The zero-order valence-electron chi connectivity index (χ0n) is 12.2. The second-order valence-electron chi connectivity index (χ2n) is 4.77. The SMILES string of the molecule is CS(=O)(=O)c1cccc(OCc2nnc(-c3ccncc3)s2)c1. The second-order valence-corrected chi connectivity index (χ2v) is 7.85. The Kier molecular flexibility index (Phi) is 4.35. The van der Waals surface area contributed by atoms with Crippen LogP contribution in [0.1, 0.15) is 5.01 Å². The van der Waals surface area contributed by atoms with Gasteiger partial charge in [-0.1, -0.05) is 17.4 Å². The van der Waals surface area contributed by atoms with Crippen LogP contribution in [0.4, 0.5) is 0 Å². The number of benzene rings is 1. The molecule has 0 bridgehead atoms. The van der Waals surface area contributed by atoms with Crippen molar-refractivity contribution in [2.75, 3.05) is 6.26 Å². The third kappa shape index (κ3) is 3.91. The molecule has 0 saturated carbocycles. The molecule has 0 atom stereocenters. The zero-order chi connectivity index (χ0) is 16.3. The Morgan fingerprint density at radius 3 is 2.65 bits per heavy atom. The van der Waals surface area contributed by atoms with E-state index in [-0.39, 0.29) is 11.5 Å². The van der Waals surface area contributed by atoms with Gasteiger partial charge in [0, 0.05) is 24.2 Å². The highest BCUT2D eigenvalue weighted by Gasteiger charge is 2.10. The van der Waals surface area contributed by atoms with E-state index in [0.717, 1.165) is 16.8 Å². The van der Waals surface area contributed by atoms with Gasteiger partial charge < -0.3 is 4.74 Å². The summed E-state index contributed by atoms with van der Waals surface area (Å²) in [7, 11) is -3.25. The van der Waals surface area contributed by atoms with Gasteiger partial charge >= 0.3 is 0 Å². The first-order valence-electron chi connectivity index (χ1n) is 6.68. The summed E-state index contributed by atoms with van der Waals surface area (Å²) in [4.78, 5) is 4.19. The van der Waals surface area contributed by atoms with Crippen molar-refractivity contribution < 1.29 is 13.2 Å². The van der Waals surface area contributed by atoms with E-state index in [1.54, 1.807) is 24.5 Å². The summed E-state index contributed by atoms with van der Waals surface area (Å²) in [5.74, 6) is 0.480. The van der Waals surface area contributed by atoms with E-state index in [2.05, 4.69) is 15.2 Å². The van der Waals surface area contributed by atoms with Crippen LogP contribution in [0.2, 0.25) is 0 Å². The number of rotatable bonds is 5. The van der Waals surface area contributed by atoms with E-state index in [1.165, 1.54) is 23.5 Å². The van der Waals surface area contributed by atoms with Crippen LogP contribution in [0.5, 0.6) is 5.75 Å². The van der Waals surface area contributed by atoms with Gasteiger partial charge in [0.25, 0.3) is 0 Å². The smallest absolute Gasteiger partial charge is 0.175 e. The summed E-state index contributed by atoms with van der Waals surface area (Å²) < 4.78 is 28.7. The maximum Gasteiger partial charge on any atom is 0.175 e. The summed E-state index contributed by atoms with van der Waals surface area (Å²) in [5.41, 5.74) is 0.947. The van der Waals surface area contributed by atoms with Crippen molar-refractivity contribution in [3.8, 4) is 16.3 Å². The summed E-state index contributed by atoms with van der Waals surface area (Å²) in [6, 6.07) is 10.1. The van der Waals surface area contributed by atoms with Crippen LogP contribution in [0.25, 0.3) is 10.6 Å². The number of hydrogen-bond donors (Lipinski definition) is 0. The molecule has 2 heterocycles. The van der Waals surface area contributed by atoms with Crippen molar-refractivity contribution in [1.82, 2.24) is 15.2 Å². The minimum atomic E-state index is -3.25. The summed E-state index contributed by atoms with van der Waals surface area (Å²) >= 11 is 1.42. The number of aromatic nitrogens is 3. The molecule has 0 saturated heterocycles. The van der Waals surface area contributed by atoms with Gasteiger partial charge in [-0.15, -0.1) is 10.2 Å². The average molecular weight is 347 g/mol. The molecule has 0 fully saturated rings. The Morgan fingerprint density at radius 1 is 1.13 bits per heavy atom. The number of pyridine rings is 1.